The highest BCUT2D eigenvalue weighted by Gasteiger charge is 2.23. The molecule has 0 saturated carbocycles. The van der Waals surface area contributed by atoms with Crippen LogP contribution < -0.4 is 9.64 Å². The van der Waals surface area contributed by atoms with Crippen molar-refractivity contribution in [3.63, 3.8) is 0 Å². The molecule has 1 amide bonds. The number of hydrogen-bond acceptors (Lipinski definition) is 6. The Balaban J connectivity index is 1.53. The van der Waals surface area contributed by atoms with Gasteiger partial charge in [0.15, 0.2) is 5.75 Å². The summed E-state index contributed by atoms with van der Waals surface area (Å²) in [6.45, 7) is 8.46. The quantitative estimate of drug-likeness (QED) is 0.383. The maximum absolute atomic E-state index is 12.6. The van der Waals surface area contributed by atoms with E-state index in [4.69, 9.17) is 4.74 Å². The first kappa shape index (κ1) is 22.3. The number of aryl methyl sites for hydroxylation is 3. The first-order valence-electron chi connectivity index (χ1n) is 10.3. The molecule has 1 saturated heterocycles. The molecule has 0 unspecified atom stereocenters. The molecule has 0 bridgehead atoms. The molecule has 1 aliphatic heterocycles. The number of nitrogens with zero attached hydrogens (tertiary/aromatic N) is 3. The van der Waals surface area contributed by atoms with E-state index < -0.39 is 4.92 Å². The van der Waals surface area contributed by atoms with Crippen molar-refractivity contribution >= 4 is 23.6 Å². The molecule has 8 heteroatoms. The number of rotatable bonds is 7. The van der Waals surface area contributed by atoms with Crippen LogP contribution in [0, 0.1) is 30.9 Å². The molecular formula is C23H27N3O5. The molecule has 2 aromatic carbocycles. The normalized spacial score (nSPS) is 13.8. The van der Waals surface area contributed by atoms with Gasteiger partial charge < -0.3 is 14.5 Å². The maximum atomic E-state index is 12.6. The first-order valence-corrected chi connectivity index (χ1v) is 10.3. The number of carbonyl (C=O) groups is 2. The van der Waals surface area contributed by atoms with Crippen molar-refractivity contribution in [2.75, 3.05) is 37.7 Å². The van der Waals surface area contributed by atoms with Gasteiger partial charge in [-0.1, -0.05) is 6.07 Å². The second-order valence-corrected chi connectivity index (χ2v) is 7.82. The van der Waals surface area contributed by atoms with Gasteiger partial charge in [0.2, 0.25) is 5.91 Å². The molecule has 1 aliphatic rings. The van der Waals surface area contributed by atoms with Crippen LogP contribution in [0.5, 0.6) is 5.75 Å². The molecule has 164 valence electrons. The Labute approximate surface area is 181 Å². The third-order valence-electron chi connectivity index (χ3n) is 5.48. The Morgan fingerprint density at radius 3 is 2.32 bits per heavy atom. The summed E-state index contributed by atoms with van der Waals surface area (Å²) < 4.78 is 5.53. The molecule has 0 radical (unpaired) electrons. The third kappa shape index (κ3) is 5.20. The van der Waals surface area contributed by atoms with E-state index in [1.54, 1.807) is 24.0 Å². The Kier molecular flexibility index (Phi) is 6.89. The highest BCUT2D eigenvalue weighted by atomic mass is 16.6. The van der Waals surface area contributed by atoms with E-state index in [1.807, 2.05) is 26.0 Å². The zero-order chi connectivity index (χ0) is 22.5. The van der Waals surface area contributed by atoms with Crippen LogP contribution in [-0.4, -0.2) is 54.8 Å². The fourth-order valence-electron chi connectivity index (χ4n) is 4.03. The smallest absolute Gasteiger partial charge is 0.311 e. The van der Waals surface area contributed by atoms with Gasteiger partial charge in [-0.3, -0.25) is 19.7 Å². The zero-order valence-electron chi connectivity index (χ0n) is 18.1. The molecule has 0 N–H and O–H groups in total. The maximum Gasteiger partial charge on any atom is 0.311 e. The minimum absolute atomic E-state index is 0.0286. The van der Waals surface area contributed by atoms with Crippen LogP contribution >= 0.6 is 0 Å². The minimum Gasteiger partial charge on any atom is -0.486 e. The lowest BCUT2D eigenvalue weighted by Gasteiger charge is -2.37. The first-order chi connectivity index (χ1) is 14.8. The Bertz CT molecular complexity index is 974. The van der Waals surface area contributed by atoms with Crippen molar-refractivity contribution in [1.29, 1.82) is 0 Å². The summed E-state index contributed by atoms with van der Waals surface area (Å²) >= 11 is 0. The molecule has 0 aliphatic carbocycles. The second-order valence-electron chi connectivity index (χ2n) is 7.82. The number of anilines is 1. The number of carbonyl (C=O) groups excluding carboxylic acids is 2. The summed E-state index contributed by atoms with van der Waals surface area (Å²) in [5.41, 5.74) is 4.57. The van der Waals surface area contributed by atoms with Crippen molar-refractivity contribution in [3.8, 4) is 5.75 Å². The number of benzene rings is 2. The van der Waals surface area contributed by atoms with Crippen LogP contribution in [0.15, 0.2) is 30.3 Å². The van der Waals surface area contributed by atoms with Crippen LogP contribution in [0.2, 0.25) is 0 Å². The highest BCUT2D eigenvalue weighted by molar-refractivity contribution is 5.79. The largest absolute Gasteiger partial charge is 0.486 e. The average Bonchev–Trinajstić information content (AvgIpc) is 2.74. The number of nitro groups is 1. The van der Waals surface area contributed by atoms with Gasteiger partial charge in [0.1, 0.15) is 6.29 Å². The van der Waals surface area contributed by atoms with Gasteiger partial charge in [0.25, 0.3) is 0 Å². The Morgan fingerprint density at radius 1 is 1.10 bits per heavy atom. The van der Waals surface area contributed by atoms with Crippen molar-refractivity contribution in [2.24, 2.45) is 0 Å². The molecule has 3 rings (SSSR count). The summed E-state index contributed by atoms with van der Waals surface area (Å²) in [5, 5.41) is 11.2. The number of amides is 1. The Hall–Kier alpha value is -3.42. The average molecular weight is 425 g/mol. The van der Waals surface area contributed by atoms with Crippen LogP contribution in [0.4, 0.5) is 11.4 Å². The fourth-order valence-corrected chi connectivity index (χ4v) is 4.03. The van der Waals surface area contributed by atoms with E-state index in [0.717, 1.165) is 28.7 Å². The summed E-state index contributed by atoms with van der Waals surface area (Å²) in [5.74, 6) is 0.150. The molecule has 0 aromatic heterocycles. The minimum atomic E-state index is -0.477. The predicted molar refractivity (Wildman–Crippen MR) is 118 cm³/mol. The molecule has 2 aromatic rings. The molecule has 1 heterocycles. The van der Waals surface area contributed by atoms with E-state index in [-0.39, 0.29) is 30.4 Å². The number of ether oxygens (including phenoxy) is 1. The monoisotopic (exact) mass is 425 g/mol. The number of aldehydes is 1. The topological polar surface area (TPSA) is 93.0 Å². The van der Waals surface area contributed by atoms with Gasteiger partial charge in [-0.05, 0) is 55.7 Å². The summed E-state index contributed by atoms with van der Waals surface area (Å²) in [4.78, 5) is 38.4. The molecule has 31 heavy (non-hydrogen) atoms. The van der Waals surface area contributed by atoms with Gasteiger partial charge in [0.05, 0.1) is 18.0 Å². The third-order valence-corrected chi connectivity index (χ3v) is 5.48. The molecule has 0 spiro atoms. The molecule has 0 atom stereocenters. The van der Waals surface area contributed by atoms with E-state index in [2.05, 4.69) is 4.90 Å². The lowest BCUT2D eigenvalue weighted by molar-refractivity contribution is -0.385. The molecule has 8 nitrogen and oxygen atoms in total. The number of hydrogen-bond donors (Lipinski definition) is 0. The van der Waals surface area contributed by atoms with E-state index in [9.17, 15) is 19.7 Å². The van der Waals surface area contributed by atoms with E-state index in [1.165, 1.54) is 6.07 Å². The molecular weight excluding hydrogens is 398 g/mol. The predicted octanol–water partition coefficient (Wildman–Crippen LogP) is 3.45. The van der Waals surface area contributed by atoms with Gasteiger partial charge in [0, 0.05) is 43.5 Å². The fraction of sp³-hybridized carbons (Fsp3) is 0.391. The molecule has 1 fully saturated rings. The summed E-state index contributed by atoms with van der Waals surface area (Å²) in [6, 6.07) is 8.54. The van der Waals surface area contributed by atoms with Crippen molar-refractivity contribution in [1.82, 2.24) is 4.90 Å². The van der Waals surface area contributed by atoms with Crippen molar-refractivity contribution in [3.05, 3.63) is 62.7 Å². The summed E-state index contributed by atoms with van der Waals surface area (Å²) in [7, 11) is 0. The van der Waals surface area contributed by atoms with Crippen molar-refractivity contribution in [2.45, 2.75) is 27.2 Å². The van der Waals surface area contributed by atoms with Crippen LogP contribution in [0.1, 0.15) is 33.5 Å². The SMILES string of the molecule is Cc1ccc(OCCC(=O)N2CCN(c3c(C)cc(C=O)cc3C)CC2)c([N+](=O)[O-])c1. The van der Waals surface area contributed by atoms with Gasteiger partial charge in [-0.25, -0.2) is 0 Å². The van der Waals surface area contributed by atoms with Crippen LogP contribution in [0.25, 0.3) is 0 Å². The highest BCUT2D eigenvalue weighted by Crippen LogP contribution is 2.29. The van der Waals surface area contributed by atoms with Gasteiger partial charge >= 0.3 is 5.69 Å². The van der Waals surface area contributed by atoms with Crippen LogP contribution in [-0.2, 0) is 4.79 Å². The van der Waals surface area contributed by atoms with Crippen LogP contribution in [0.3, 0.4) is 0 Å². The number of piperazine rings is 1. The van der Waals surface area contributed by atoms with Gasteiger partial charge in [-0.2, -0.15) is 0 Å². The lowest BCUT2D eigenvalue weighted by atomic mass is 10.0. The Morgan fingerprint density at radius 2 is 1.74 bits per heavy atom. The van der Waals surface area contributed by atoms with E-state index >= 15 is 0 Å². The van der Waals surface area contributed by atoms with Crippen molar-refractivity contribution < 1.29 is 19.2 Å². The number of nitro benzene ring substituents is 1. The zero-order valence-corrected chi connectivity index (χ0v) is 18.1. The second kappa shape index (κ2) is 9.59. The lowest BCUT2D eigenvalue weighted by Crippen LogP contribution is -2.49. The van der Waals surface area contributed by atoms with Gasteiger partial charge in [-0.15, -0.1) is 0 Å². The standard InChI is InChI=1S/C23H27N3O5/c1-16-4-5-21(20(12-16)26(29)30)31-11-6-22(28)24-7-9-25(10-8-24)23-17(2)13-19(15-27)14-18(23)3/h4-5,12-15H,6-11H2,1-3H3. The summed E-state index contributed by atoms with van der Waals surface area (Å²) in [6.07, 6.45) is 1.02. The van der Waals surface area contributed by atoms with E-state index in [0.29, 0.717) is 31.7 Å².